The van der Waals surface area contributed by atoms with Crippen LogP contribution in [0.25, 0.3) is 28.2 Å². The molecule has 0 bridgehead atoms. The summed E-state index contributed by atoms with van der Waals surface area (Å²) in [6.45, 7) is 0. The lowest BCUT2D eigenvalue weighted by atomic mass is 10.1. The second kappa shape index (κ2) is 8.80. The Morgan fingerprint density at radius 1 is 1.00 bits per heavy atom. The fraction of sp³-hybridized carbons (Fsp3) is 0. The van der Waals surface area contributed by atoms with Gasteiger partial charge in [0, 0.05) is 17.3 Å². The van der Waals surface area contributed by atoms with Crippen LogP contribution in [0.4, 0.5) is 5.69 Å². The highest BCUT2D eigenvalue weighted by Crippen LogP contribution is 2.28. The van der Waals surface area contributed by atoms with Crippen LogP contribution in [-0.4, -0.2) is 17.0 Å². The van der Waals surface area contributed by atoms with E-state index in [1.54, 1.807) is 24.3 Å². The number of aromatic carboxylic acids is 1. The van der Waals surface area contributed by atoms with Gasteiger partial charge in [-0.05, 0) is 47.2 Å². The number of anilines is 1. The zero-order chi connectivity index (χ0) is 22.7. The molecule has 3 aromatic carbocycles. The number of carbonyl (C=O) groups is 2. The molecule has 0 aliphatic heterocycles. The fourth-order valence-electron chi connectivity index (χ4n) is 3.18. The first-order chi connectivity index (χ1) is 15.4. The van der Waals surface area contributed by atoms with E-state index in [0.717, 1.165) is 10.8 Å². The van der Waals surface area contributed by atoms with Crippen LogP contribution in [0.2, 0.25) is 5.02 Å². The number of carboxylic acids is 1. The number of rotatable bonds is 5. The lowest BCUT2D eigenvalue weighted by Crippen LogP contribution is -2.13. The number of furan rings is 1. The Balaban J connectivity index is 1.55. The van der Waals surface area contributed by atoms with Crippen molar-refractivity contribution in [2.24, 2.45) is 0 Å². The molecule has 4 rings (SSSR count). The van der Waals surface area contributed by atoms with Crippen molar-refractivity contribution in [2.45, 2.75) is 0 Å². The Bertz CT molecular complexity index is 1430. The van der Waals surface area contributed by atoms with Crippen molar-refractivity contribution in [3.63, 3.8) is 0 Å². The number of hydrogen-bond donors (Lipinski definition) is 2. The number of carboxylic acid groups (broad SMARTS) is 1. The summed E-state index contributed by atoms with van der Waals surface area (Å²) in [5.74, 6) is -0.971. The van der Waals surface area contributed by atoms with E-state index in [-0.39, 0.29) is 16.2 Å². The summed E-state index contributed by atoms with van der Waals surface area (Å²) in [7, 11) is 0. The number of nitriles is 1. The largest absolute Gasteiger partial charge is 0.478 e. The van der Waals surface area contributed by atoms with E-state index in [4.69, 9.17) is 21.1 Å². The van der Waals surface area contributed by atoms with Crippen molar-refractivity contribution in [2.75, 3.05) is 5.32 Å². The summed E-state index contributed by atoms with van der Waals surface area (Å²) in [6, 6.07) is 22.8. The monoisotopic (exact) mass is 442 g/mol. The molecule has 2 N–H and O–H groups in total. The lowest BCUT2D eigenvalue weighted by Gasteiger charge is -2.06. The Hall–Kier alpha value is -4.34. The maximum atomic E-state index is 12.6. The first-order valence-electron chi connectivity index (χ1n) is 9.49. The molecule has 156 valence electrons. The van der Waals surface area contributed by atoms with Gasteiger partial charge in [0.05, 0.1) is 10.6 Å². The molecule has 0 aliphatic carbocycles. The van der Waals surface area contributed by atoms with Crippen LogP contribution in [0.3, 0.4) is 0 Å². The number of nitrogens with one attached hydrogen (secondary N) is 1. The highest BCUT2D eigenvalue weighted by Gasteiger charge is 2.14. The van der Waals surface area contributed by atoms with Crippen LogP contribution in [0.15, 0.2) is 82.8 Å². The van der Waals surface area contributed by atoms with Crippen molar-refractivity contribution >= 4 is 46.0 Å². The second-order valence-corrected chi connectivity index (χ2v) is 7.29. The predicted octanol–water partition coefficient (Wildman–Crippen LogP) is 6.00. The molecular formula is C25H15ClN2O4. The normalized spacial score (nSPS) is 11.2. The van der Waals surface area contributed by atoms with E-state index >= 15 is 0 Å². The van der Waals surface area contributed by atoms with Crippen LogP contribution in [-0.2, 0) is 4.79 Å². The highest BCUT2D eigenvalue weighted by molar-refractivity contribution is 6.33. The average Bonchev–Trinajstić information content (AvgIpc) is 3.25. The topological polar surface area (TPSA) is 103 Å². The predicted molar refractivity (Wildman–Crippen MR) is 122 cm³/mol. The Morgan fingerprint density at radius 2 is 1.78 bits per heavy atom. The maximum Gasteiger partial charge on any atom is 0.337 e. The number of nitrogens with zero attached hydrogens (tertiary/aromatic N) is 1. The molecule has 0 fully saturated rings. The molecule has 4 aromatic rings. The molecule has 1 aromatic heterocycles. The Morgan fingerprint density at radius 3 is 2.50 bits per heavy atom. The van der Waals surface area contributed by atoms with Gasteiger partial charge in [0.2, 0.25) is 0 Å². The minimum Gasteiger partial charge on any atom is -0.478 e. The third kappa shape index (κ3) is 4.38. The van der Waals surface area contributed by atoms with E-state index in [0.29, 0.717) is 22.8 Å². The van der Waals surface area contributed by atoms with Crippen LogP contribution in [0.1, 0.15) is 16.1 Å². The molecule has 32 heavy (non-hydrogen) atoms. The van der Waals surface area contributed by atoms with Crippen LogP contribution >= 0.6 is 11.6 Å². The van der Waals surface area contributed by atoms with E-state index in [9.17, 15) is 14.9 Å². The SMILES string of the molecule is N#CC(=Cc1ccc(-c2ccc(C(=O)O)c(Cl)c2)o1)C(=O)Nc1ccc2ccccc2c1. The van der Waals surface area contributed by atoms with Gasteiger partial charge >= 0.3 is 5.97 Å². The number of halogens is 1. The summed E-state index contributed by atoms with van der Waals surface area (Å²) in [6.07, 6.45) is 1.34. The molecule has 0 spiro atoms. The van der Waals surface area contributed by atoms with Crippen molar-refractivity contribution in [3.8, 4) is 17.4 Å². The molecule has 0 aliphatic rings. The van der Waals surface area contributed by atoms with Crippen molar-refractivity contribution in [1.82, 2.24) is 0 Å². The van der Waals surface area contributed by atoms with Gasteiger partial charge in [-0.25, -0.2) is 4.79 Å². The number of amides is 1. The quantitative estimate of drug-likeness (QED) is 0.291. The first kappa shape index (κ1) is 20.9. The molecule has 7 heteroatoms. The Kier molecular flexibility index (Phi) is 5.75. The zero-order valence-corrected chi connectivity index (χ0v) is 17.3. The molecule has 0 atom stereocenters. The first-order valence-corrected chi connectivity index (χ1v) is 9.87. The minimum absolute atomic E-state index is 0.0146. The minimum atomic E-state index is -1.12. The van der Waals surface area contributed by atoms with Gasteiger partial charge in [-0.1, -0.05) is 48.0 Å². The van der Waals surface area contributed by atoms with Crippen LogP contribution in [0.5, 0.6) is 0 Å². The summed E-state index contributed by atoms with van der Waals surface area (Å²) < 4.78 is 5.70. The molecule has 0 saturated heterocycles. The van der Waals surface area contributed by atoms with Gasteiger partial charge < -0.3 is 14.8 Å². The number of carbonyl (C=O) groups excluding carboxylic acids is 1. The van der Waals surface area contributed by atoms with E-state index in [2.05, 4.69) is 5.32 Å². The van der Waals surface area contributed by atoms with Crippen molar-refractivity contribution < 1.29 is 19.1 Å². The lowest BCUT2D eigenvalue weighted by molar-refractivity contribution is -0.112. The molecule has 1 amide bonds. The zero-order valence-electron chi connectivity index (χ0n) is 16.5. The summed E-state index contributed by atoms with van der Waals surface area (Å²) in [5, 5.41) is 23.4. The third-order valence-electron chi connectivity index (χ3n) is 4.77. The van der Waals surface area contributed by atoms with Crippen LogP contribution in [0, 0.1) is 11.3 Å². The summed E-state index contributed by atoms with van der Waals surface area (Å²) in [5.41, 5.74) is 0.999. The fourth-order valence-corrected chi connectivity index (χ4v) is 3.45. The third-order valence-corrected chi connectivity index (χ3v) is 5.08. The second-order valence-electron chi connectivity index (χ2n) is 6.89. The van der Waals surface area contributed by atoms with Crippen LogP contribution < -0.4 is 5.32 Å². The van der Waals surface area contributed by atoms with E-state index in [1.165, 1.54) is 18.2 Å². The van der Waals surface area contributed by atoms with E-state index < -0.39 is 11.9 Å². The molecule has 6 nitrogen and oxygen atoms in total. The maximum absolute atomic E-state index is 12.6. The van der Waals surface area contributed by atoms with Crippen molar-refractivity contribution in [1.29, 1.82) is 5.26 Å². The van der Waals surface area contributed by atoms with Gasteiger partial charge in [-0.15, -0.1) is 0 Å². The highest BCUT2D eigenvalue weighted by atomic mass is 35.5. The summed E-state index contributed by atoms with van der Waals surface area (Å²) in [4.78, 5) is 23.7. The van der Waals surface area contributed by atoms with Gasteiger partial charge in [0.1, 0.15) is 23.2 Å². The average molecular weight is 443 g/mol. The number of hydrogen-bond acceptors (Lipinski definition) is 4. The Labute approximate surface area is 188 Å². The molecule has 0 unspecified atom stereocenters. The van der Waals surface area contributed by atoms with Crippen molar-refractivity contribution in [3.05, 3.63) is 94.7 Å². The molecular weight excluding hydrogens is 428 g/mol. The molecule has 0 saturated carbocycles. The van der Waals surface area contributed by atoms with Gasteiger partial charge in [0.25, 0.3) is 5.91 Å². The smallest absolute Gasteiger partial charge is 0.337 e. The summed E-state index contributed by atoms with van der Waals surface area (Å²) >= 11 is 6.01. The van der Waals surface area contributed by atoms with E-state index in [1.807, 2.05) is 42.5 Å². The van der Waals surface area contributed by atoms with Gasteiger partial charge in [0.15, 0.2) is 0 Å². The van der Waals surface area contributed by atoms with Gasteiger partial charge in [-0.3, -0.25) is 4.79 Å². The van der Waals surface area contributed by atoms with Gasteiger partial charge in [-0.2, -0.15) is 5.26 Å². The molecule has 1 heterocycles. The number of fused-ring (bicyclic) bond motifs is 1. The number of benzene rings is 3. The molecule has 0 radical (unpaired) electrons. The standard InChI is InChI=1S/C25H15ClN2O4/c26-22-13-17(6-9-21(22)25(30)31)23-10-8-20(32-23)12-18(14-27)24(29)28-19-7-5-15-3-1-2-4-16(15)11-19/h1-13H,(H,28,29)(H,30,31).